The molecular formula is C25H31ClN2O4. The number of halogens is 1. The van der Waals surface area contributed by atoms with Gasteiger partial charge in [-0.2, -0.15) is 0 Å². The number of carbonyl (C=O) groups is 2. The zero-order valence-electron chi connectivity index (χ0n) is 18.7. The lowest BCUT2D eigenvalue weighted by molar-refractivity contribution is -0.142. The molecule has 6 nitrogen and oxygen atoms in total. The first-order valence-corrected chi connectivity index (χ1v) is 11.5. The number of hydrogen-bond donors (Lipinski definition) is 1. The summed E-state index contributed by atoms with van der Waals surface area (Å²) in [5.74, 6) is 0.607. The van der Waals surface area contributed by atoms with Crippen LogP contribution < -0.4 is 14.8 Å². The number of nitrogens with one attached hydrogen (secondary N) is 1. The molecule has 0 heterocycles. The number of hydrogen-bond acceptors (Lipinski definition) is 4. The number of methoxy groups -OCH3 is 1. The van der Waals surface area contributed by atoms with Crippen LogP contribution in [-0.4, -0.2) is 42.5 Å². The van der Waals surface area contributed by atoms with Crippen molar-refractivity contribution in [2.45, 2.75) is 57.7 Å². The Hall–Kier alpha value is -2.73. The van der Waals surface area contributed by atoms with Crippen molar-refractivity contribution >= 4 is 23.4 Å². The minimum absolute atomic E-state index is 0.142. The van der Waals surface area contributed by atoms with Crippen LogP contribution in [0.1, 0.15) is 44.6 Å². The van der Waals surface area contributed by atoms with Crippen LogP contribution in [-0.2, 0) is 16.1 Å². The minimum Gasteiger partial charge on any atom is -0.493 e. The lowest BCUT2D eigenvalue weighted by Gasteiger charge is -2.31. The van der Waals surface area contributed by atoms with Crippen LogP contribution in [0, 0.1) is 0 Å². The van der Waals surface area contributed by atoms with Gasteiger partial charge in [-0.05, 0) is 49.6 Å². The highest BCUT2D eigenvalue weighted by Crippen LogP contribution is 2.26. The molecule has 1 unspecified atom stereocenters. The molecule has 32 heavy (non-hydrogen) atoms. The molecule has 0 saturated heterocycles. The van der Waals surface area contributed by atoms with Gasteiger partial charge in [0.05, 0.1) is 7.11 Å². The Morgan fingerprint density at radius 2 is 1.72 bits per heavy atom. The van der Waals surface area contributed by atoms with Crippen molar-refractivity contribution in [1.29, 1.82) is 0 Å². The second-order valence-corrected chi connectivity index (χ2v) is 8.54. The van der Waals surface area contributed by atoms with E-state index in [1.54, 1.807) is 43.2 Å². The predicted octanol–water partition coefficient (Wildman–Crippen LogP) is 4.59. The summed E-state index contributed by atoms with van der Waals surface area (Å²) in [6.45, 7) is 1.84. The second kappa shape index (κ2) is 11.8. The zero-order chi connectivity index (χ0) is 22.9. The van der Waals surface area contributed by atoms with Crippen LogP contribution in [0.15, 0.2) is 48.5 Å². The second-order valence-electron chi connectivity index (χ2n) is 8.11. The Labute approximate surface area is 194 Å². The number of nitrogens with zero attached hydrogens (tertiary/aromatic N) is 1. The number of benzene rings is 2. The molecule has 172 valence electrons. The highest BCUT2D eigenvalue weighted by molar-refractivity contribution is 6.30. The molecule has 0 aromatic heterocycles. The Kier molecular flexibility index (Phi) is 8.80. The summed E-state index contributed by atoms with van der Waals surface area (Å²) < 4.78 is 11.0. The van der Waals surface area contributed by atoms with E-state index >= 15 is 0 Å². The Balaban J connectivity index is 1.71. The van der Waals surface area contributed by atoms with Crippen LogP contribution in [0.3, 0.4) is 0 Å². The van der Waals surface area contributed by atoms with Gasteiger partial charge in [0.15, 0.2) is 18.1 Å². The van der Waals surface area contributed by atoms with Crippen LogP contribution in [0.25, 0.3) is 0 Å². The van der Waals surface area contributed by atoms with Gasteiger partial charge in [-0.1, -0.05) is 55.1 Å². The average molecular weight is 459 g/mol. The van der Waals surface area contributed by atoms with Crippen molar-refractivity contribution in [1.82, 2.24) is 10.2 Å². The molecule has 2 aromatic carbocycles. The fraction of sp³-hybridized carbons (Fsp3) is 0.440. The molecule has 1 atom stereocenters. The SMILES string of the molecule is COc1ccccc1OCC(=O)N(Cc1ccc(Cl)cc1)C(C)C(=O)NC1CCCCC1. The molecule has 3 rings (SSSR count). The highest BCUT2D eigenvalue weighted by atomic mass is 35.5. The topological polar surface area (TPSA) is 67.9 Å². The van der Waals surface area contributed by atoms with Crippen LogP contribution >= 0.6 is 11.6 Å². The van der Waals surface area contributed by atoms with Gasteiger partial charge in [-0.25, -0.2) is 0 Å². The van der Waals surface area contributed by atoms with E-state index in [0.29, 0.717) is 16.5 Å². The summed E-state index contributed by atoms with van der Waals surface area (Å²) in [4.78, 5) is 27.7. The van der Waals surface area contributed by atoms with E-state index in [1.807, 2.05) is 24.3 Å². The van der Waals surface area contributed by atoms with Gasteiger partial charge in [0.2, 0.25) is 5.91 Å². The predicted molar refractivity (Wildman–Crippen MR) is 125 cm³/mol. The van der Waals surface area contributed by atoms with E-state index in [4.69, 9.17) is 21.1 Å². The van der Waals surface area contributed by atoms with Crippen molar-refractivity contribution in [3.8, 4) is 11.5 Å². The first kappa shape index (κ1) is 23.9. The first-order chi connectivity index (χ1) is 15.5. The van der Waals surface area contributed by atoms with Crippen molar-refractivity contribution in [2.24, 2.45) is 0 Å². The molecule has 1 aliphatic carbocycles. The van der Waals surface area contributed by atoms with Crippen LogP contribution in [0.5, 0.6) is 11.5 Å². The molecule has 0 spiro atoms. The average Bonchev–Trinajstić information content (AvgIpc) is 2.82. The van der Waals surface area contributed by atoms with Gasteiger partial charge in [-0.3, -0.25) is 9.59 Å². The molecule has 1 saturated carbocycles. The quantitative estimate of drug-likeness (QED) is 0.596. The van der Waals surface area contributed by atoms with Gasteiger partial charge in [0, 0.05) is 17.6 Å². The molecular weight excluding hydrogens is 428 g/mol. The lowest BCUT2D eigenvalue weighted by atomic mass is 9.95. The van der Waals surface area contributed by atoms with Gasteiger partial charge in [-0.15, -0.1) is 0 Å². The summed E-state index contributed by atoms with van der Waals surface area (Å²) in [7, 11) is 1.55. The zero-order valence-corrected chi connectivity index (χ0v) is 19.4. The smallest absolute Gasteiger partial charge is 0.261 e. The maximum Gasteiger partial charge on any atom is 0.261 e. The van der Waals surface area contributed by atoms with Gasteiger partial charge < -0.3 is 19.7 Å². The highest BCUT2D eigenvalue weighted by Gasteiger charge is 2.28. The standard InChI is InChI=1S/C25H31ClN2O4/c1-18(25(30)27-21-8-4-3-5-9-21)28(16-19-12-14-20(26)15-13-19)24(29)17-32-23-11-7-6-10-22(23)31-2/h6-7,10-15,18,21H,3-5,8-9,16-17H2,1-2H3,(H,27,30). The molecule has 2 aromatic rings. The molecule has 2 amide bonds. The fourth-order valence-electron chi connectivity index (χ4n) is 3.90. The normalized spacial score (nSPS) is 15.0. The molecule has 0 radical (unpaired) electrons. The number of para-hydroxylation sites is 2. The maximum atomic E-state index is 13.2. The minimum atomic E-state index is -0.638. The fourth-order valence-corrected chi connectivity index (χ4v) is 4.02. The molecule has 0 aliphatic heterocycles. The summed E-state index contributed by atoms with van der Waals surface area (Å²) in [6.07, 6.45) is 5.43. The van der Waals surface area contributed by atoms with Crippen LogP contribution in [0.2, 0.25) is 5.02 Å². The van der Waals surface area contributed by atoms with Crippen molar-refractivity contribution in [3.63, 3.8) is 0 Å². The lowest BCUT2D eigenvalue weighted by Crippen LogP contribution is -2.51. The summed E-state index contributed by atoms with van der Waals surface area (Å²) in [6, 6.07) is 14.0. The van der Waals surface area contributed by atoms with Crippen molar-refractivity contribution < 1.29 is 19.1 Å². The third-order valence-electron chi connectivity index (χ3n) is 5.81. The first-order valence-electron chi connectivity index (χ1n) is 11.1. The Bertz CT molecular complexity index is 897. The molecule has 1 aliphatic rings. The molecule has 1 fully saturated rings. The molecule has 7 heteroatoms. The van der Waals surface area contributed by atoms with E-state index < -0.39 is 6.04 Å². The van der Waals surface area contributed by atoms with E-state index in [1.165, 1.54) is 6.42 Å². The summed E-state index contributed by atoms with van der Waals surface area (Å²) >= 11 is 6.00. The Morgan fingerprint density at radius 1 is 1.06 bits per heavy atom. The summed E-state index contributed by atoms with van der Waals surface area (Å²) in [5.41, 5.74) is 0.886. The van der Waals surface area contributed by atoms with E-state index in [-0.39, 0.29) is 31.0 Å². The summed E-state index contributed by atoms with van der Waals surface area (Å²) in [5, 5.41) is 3.75. The van der Waals surface area contributed by atoms with E-state index in [9.17, 15) is 9.59 Å². The Morgan fingerprint density at radius 3 is 2.38 bits per heavy atom. The van der Waals surface area contributed by atoms with Crippen molar-refractivity contribution in [2.75, 3.05) is 13.7 Å². The van der Waals surface area contributed by atoms with Gasteiger partial charge in [0.1, 0.15) is 6.04 Å². The third-order valence-corrected chi connectivity index (χ3v) is 6.06. The van der Waals surface area contributed by atoms with Crippen LogP contribution in [0.4, 0.5) is 0 Å². The van der Waals surface area contributed by atoms with E-state index in [0.717, 1.165) is 31.2 Å². The monoisotopic (exact) mass is 458 g/mol. The third kappa shape index (κ3) is 6.63. The van der Waals surface area contributed by atoms with E-state index in [2.05, 4.69) is 5.32 Å². The number of amides is 2. The molecule has 1 N–H and O–H groups in total. The number of ether oxygens (including phenoxy) is 2. The molecule has 0 bridgehead atoms. The van der Waals surface area contributed by atoms with Gasteiger partial charge >= 0.3 is 0 Å². The number of carbonyl (C=O) groups excluding carboxylic acids is 2. The number of rotatable bonds is 9. The van der Waals surface area contributed by atoms with Gasteiger partial charge in [0.25, 0.3) is 5.91 Å². The maximum absolute atomic E-state index is 13.2. The largest absolute Gasteiger partial charge is 0.493 e. The van der Waals surface area contributed by atoms with Crippen molar-refractivity contribution in [3.05, 3.63) is 59.1 Å².